The number of halogens is 2. The maximum Gasteiger partial charge on any atom is 0.341 e. The quantitative estimate of drug-likeness (QED) is 0.622. The molecular weight excluding hydrogens is 401 g/mol. The van der Waals surface area contributed by atoms with E-state index in [9.17, 15) is 23.9 Å². The summed E-state index contributed by atoms with van der Waals surface area (Å²) < 4.78 is 16.5. The summed E-state index contributed by atoms with van der Waals surface area (Å²) >= 11 is 5.44. The molecule has 0 aliphatic heterocycles. The van der Waals surface area contributed by atoms with Gasteiger partial charge in [0.2, 0.25) is 11.3 Å². The first-order chi connectivity index (χ1) is 13.9. The largest absolute Gasteiger partial charge is 0.477 e. The molecule has 1 aliphatic rings. The van der Waals surface area contributed by atoms with E-state index in [-0.39, 0.29) is 34.3 Å². The van der Waals surface area contributed by atoms with Crippen molar-refractivity contribution in [3.63, 3.8) is 0 Å². The molecule has 1 saturated carbocycles. The zero-order chi connectivity index (χ0) is 20.7. The Morgan fingerprint density at radius 1 is 1.31 bits per heavy atom. The highest BCUT2D eigenvalue weighted by molar-refractivity contribution is 6.29. The van der Waals surface area contributed by atoms with Crippen LogP contribution in [0.3, 0.4) is 0 Å². The van der Waals surface area contributed by atoms with E-state index >= 15 is 0 Å². The number of hydrogen-bond acceptors (Lipinski definition) is 4. The van der Waals surface area contributed by atoms with Gasteiger partial charge in [0, 0.05) is 34.9 Å². The molecule has 2 N–H and O–H groups in total. The van der Waals surface area contributed by atoms with Crippen LogP contribution < -0.4 is 10.7 Å². The topological polar surface area (TPSA) is 101 Å². The SMILES string of the molecule is O=C(CCl)Nc1ccc(-c2cc3c(cc2F)c(=O)c(C(=O)O)cn3C2CC2)cn1. The van der Waals surface area contributed by atoms with E-state index in [0.29, 0.717) is 11.1 Å². The molecule has 1 amide bonds. The summed E-state index contributed by atoms with van der Waals surface area (Å²) in [5.74, 6) is -2.35. The maximum absolute atomic E-state index is 14.8. The fraction of sp³-hybridized carbons (Fsp3) is 0.200. The third kappa shape index (κ3) is 3.58. The van der Waals surface area contributed by atoms with E-state index in [2.05, 4.69) is 10.3 Å². The van der Waals surface area contributed by atoms with E-state index in [0.717, 1.165) is 18.9 Å². The van der Waals surface area contributed by atoms with Gasteiger partial charge >= 0.3 is 5.97 Å². The molecule has 29 heavy (non-hydrogen) atoms. The van der Waals surface area contributed by atoms with Gasteiger partial charge < -0.3 is 15.0 Å². The number of fused-ring (bicyclic) bond motifs is 1. The molecule has 0 unspecified atom stereocenters. The highest BCUT2D eigenvalue weighted by Crippen LogP contribution is 2.38. The zero-order valence-corrected chi connectivity index (χ0v) is 15.7. The Morgan fingerprint density at radius 3 is 2.66 bits per heavy atom. The molecule has 0 saturated heterocycles. The second-order valence-corrected chi connectivity index (χ2v) is 7.05. The molecule has 1 fully saturated rings. The van der Waals surface area contributed by atoms with Crippen LogP contribution in [0.2, 0.25) is 0 Å². The van der Waals surface area contributed by atoms with Crippen LogP contribution in [0.15, 0.2) is 41.5 Å². The van der Waals surface area contributed by atoms with Gasteiger partial charge in [0.15, 0.2) is 0 Å². The molecule has 0 atom stereocenters. The van der Waals surface area contributed by atoms with Gasteiger partial charge in [-0.25, -0.2) is 14.2 Å². The number of hydrogen-bond donors (Lipinski definition) is 2. The van der Waals surface area contributed by atoms with Crippen molar-refractivity contribution in [2.24, 2.45) is 0 Å². The first-order valence-electron chi connectivity index (χ1n) is 8.83. The standard InChI is InChI=1S/C20H15ClFN3O4/c21-7-18(26)24-17-4-1-10(8-23-17)12-6-16-13(5-15(12)22)19(27)14(20(28)29)9-25(16)11-2-3-11/h1,4-6,8-9,11H,2-3,7H2,(H,28,29)(H,23,24,26). The lowest BCUT2D eigenvalue weighted by Gasteiger charge is -2.14. The monoisotopic (exact) mass is 415 g/mol. The van der Waals surface area contributed by atoms with Gasteiger partial charge in [0.05, 0.1) is 5.52 Å². The van der Waals surface area contributed by atoms with Crippen molar-refractivity contribution in [3.05, 3.63) is 58.3 Å². The maximum atomic E-state index is 14.8. The van der Waals surface area contributed by atoms with Crippen molar-refractivity contribution in [2.75, 3.05) is 11.2 Å². The number of carbonyl (C=O) groups excluding carboxylic acids is 1. The Kier molecular flexibility index (Phi) is 4.79. The molecular formula is C20H15ClFN3O4. The van der Waals surface area contributed by atoms with Crippen LogP contribution >= 0.6 is 11.6 Å². The molecule has 2 heterocycles. The van der Waals surface area contributed by atoms with Crippen molar-refractivity contribution in [1.82, 2.24) is 9.55 Å². The number of carboxylic acids is 1. The minimum atomic E-state index is -1.34. The predicted octanol–water partition coefficient (Wildman–Crippen LogP) is 3.41. The van der Waals surface area contributed by atoms with Crippen molar-refractivity contribution in [2.45, 2.75) is 18.9 Å². The van der Waals surface area contributed by atoms with E-state index < -0.39 is 23.1 Å². The molecule has 0 spiro atoms. The van der Waals surface area contributed by atoms with Gasteiger partial charge in [-0.1, -0.05) is 0 Å². The van der Waals surface area contributed by atoms with Crippen molar-refractivity contribution in [1.29, 1.82) is 0 Å². The number of alkyl halides is 1. The Bertz CT molecular complexity index is 1200. The summed E-state index contributed by atoms with van der Waals surface area (Å²) in [5, 5.41) is 11.8. The third-order valence-electron chi connectivity index (χ3n) is 4.75. The number of rotatable bonds is 5. The highest BCUT2D eigenvalue weighted by Gasteiger charge is 2.27. The summed E-state index contributed by atoms with van der Waals surface area (Å²) in [4.78, 5) is 39.3. The number of carboxylic acid groups (broad SMARTS) is 1. The van der Waals surface area contributed by atoms with Gasteiger partial charge in [-0.2, -0.15) is 0 Å². The number of nitrogens with one attached hydrogen (secondary N) is 1. The van der Waals surface area contributed by atoms with Crippen LogP contribution in [-0.2, 0) is 4.79 Å². The number of aromatic carboxylic acids is 1. The Labute approximate surface area is 168 Å². The number of carbonyl (C=O) groups is 2. The number of pyridine rings is 2. The smallest absolute Gasteiger partial charge is 0.341 e. The van der Waals surface area contributed by atoms with Crippen molar-refractivity contribution >= 4 is 40.2 Å². The number of nitrogens with zero attached hydrogens (tertiary/aromatic N) is 2. The lowest BCUT2D eigenvalue weighted by atomic mass is 10.0. The fourth-order valence-corrected chi connectivity index (χ4v) is 3.27. The van der Waals surface area contributed by atoms with Crippen LogP contribution in [0.4, 0.5) is 10.2 Å². The second-order valence-electron chi connectivity index (χ2n) is 6.78. The minimum absolute atomic E-state index is 0.0250. The van der Waals surface area contributed by atoms with E-state index in [4.69, 9.17) is 11.6 Å². The average Bonchev–Trinajstić information content (AvgIpc) is 3.54. The number of aromatic nitrogens is 2. The van der Waals surface area contributed by atoms with Crippen LogP contribution in [0.1, 0.15) is 29.2 Å². The van der Waals surface area contributed by atoms with E-state index in [1.54, 1.807) is 10.6 Å². The third-order valence-corrected chi connectivity index (χ3v) is 5.00. The summed E-state index contributed by atoms with van der Waals surface area (Å²) in [5.41, 5.74) is 0.0469. The zero-order valence-electron chi connectivity index (χ0n) is 15.0. The number of amides is 1. The lowest BCUT2D eigenvalue weighted by Crippen LogP contribution is -2.19. The highest BCUT2D eigenvalue weighted by atomic mass is 35.5. The number of anilines is 1. The van der Waals surface area contributed by atoms with Crippen LogP contribution in [0.5, 0.6) is 0 Å². The molecule has 4 rings (SSSR count). The molecule has 9 heteroatoms. The minimum Gasteiger partial charge on any atom is -0.477 e. The van der Waals surface area contributed by atoms with Crippen LogP contribution in [0.25, 0.3) is 22.0 Å². The molecule has 148 valence electrons. The van der Waals surface area contributed by atoms with Gasteiger partial charge in [0.1, 0.15) is 23.1 Å². The molecule has 3 aromatic rings. The van der Waals surface area contributed by atoms with Gasteiger partial charge in [-0.15, -0.1) is 11.6 Å². The summed E-state index contributed by atoms with van der Waals surface area (Å²) in [7, 11) is 0. The molecule has 2 aromatic heterocycles. The second kappa shape index (κ2) is 7.29. The summed E-state index contributed by atoms with van der Waals surface area (Å²) in [6.07, 6.45) is 4.45. The van der Waals surface area contributed by atoms with Crippen molar-refractivity contribution < 1.29 is 19.1 Å². The summed E-state index contributed by atoms with van der Waals surface area (Å²) in [6, 6.07) is 5.80. The average molecular weight is 416 g/mol. The molecule has 7 nitrogen and oxygen atoms in total. The first kappa shape index (κ1) is 19.1. The lowest BCUT2D eigenvalue weighted by molar-refractivity contribution is -0.113. The fourth-order valence-electron chi connectivity index (χ4n) is 3.20. The number of benzene rings is 1. The molecule has 0 radical (unpaired) electrons. The van der Waals surface area contributed by atoms with E-state index in [1.165, 1.54) is 24.5 Å². The Hall–Kier alpha value is -3.26. The molecule has 1 aliphatic carbocycles. The predicted molar refractivity (Wildman–Crippen MR) is 106 cm³/mol. The molecule has 0 bridgehead atoms. The summed E-state index contributed by atoms with van der Waals surface area (Å²) in [6.45, 7) is 0. The van der Waals surface area contributed by atoms with Crippen LogP contribution in [0, 0.1) is 5.82 Å². The van der Waals surface area contributed by atoms with Crippen molar-refractivity contribution in [3.8, 4) is 11.1 Å². The molecule has 1 aromatic carbocycles. The normalized spacial score (nSPS) is 13.4. The Balaban J connectivity index is 1.84. The van der Waals surface area contributed by atoms with E-state index in [1.807, 2.05) is 0 Å². The van der Waals surface area contributed by atoms with Crippen LogP contribution in [-0.4, -0.2) is 32.4 Å². The Morgan fingerprint density at radius 2 is 2.07 bits per heavy atom. The van der Waals surface area contributed by atoms with Gasteiger partial charge in [-0.3, -0.25) is 9.59 Å². The van der Waals surface area contributed by atoms with Gasteiger partial charge in [-0.05, 0) is 37.1 Å². The van der Waals surface area contributed by atoms with Gasteiger partial charge in [0.25, 0.3) is 0 Å². The first-order valence-corrected chi connectivity index (χ1v) is 9.36.